The summed E-state index contributed by atoms with van der Waals surface area (Å²) < 4.78 is 49.4. The van der Waals surface area contributed by atoms with E-state index in [1.807, 2.05) is 0 Å². The fraction of sp³-hybridized carbons (Fsp3) is 0.185. The lowest BCUT2D eigenvalue weighted by molar-refractivity contribution is -0.116. The minimum atomic E-state index is -0.856. The van der Waals surface area contributed by atoms with Gasteiger partial charge in [-0.05, 0) is 54.9 Å². The third-order valence-corrected chi connectivity index (χ3v) is 6.28. The Kier molecular flexibility index (Phi) is 7.91. The van der Waals surface area contributed by atoms with E-state index in [9.17, 15) is 27.6 Å². The van der Waals surface area contributed by atoms with Crippen LogP contribution in [0.1, 0.15) is 33.3 Å². The molecular formula is C27H22ClF3N4O4. The average molecular weight is 559 g/mol. The number of carbonyl (C=O) groups excluding carboxylic acids is 3. The average Bonchev–Trinajstić information content (AvgIpc) is 3.23. The molecule has 0 saturated carbocycles. The van der Waals surface area contributed by atoms with Gasteiger partial charge in [-0.1, -0.05) is 12.7 Å². The normalized spacial score (nSPS) is 12.2. The van der Waals surface area contributed by atoms with Crippen molar-refractivity contribution in [1.82, 2.24) is 14.7 Å². The van der Waals surface area contributed by atoms with Crippen molar-refractivity contribution in [3.05, 3.63) is 88.9 Å². The molecule has 0 aliphatic carbocycles. The first-order valence-corrected chi connectivity index (χ1v) is 11.9. The number of nitrogens with zero attached hydrogens (tertiary/aromatic N) is 3. The molecule has 0 saturated heterocycles. The first-order valence-electron chi connectivity index (χ1n) is 11.6. The number of benzene rings is 2. The van der Waals surface area contributed by atoms with Crippen molar-refractivity contribution in [1.29, 1.82) is 0 Å². The summed E-state index contributed by atoms with van der Waals surface area (Å²) in [5.41, 5.74) is 0.762. The predicted octanol–water partition coefficient (Wildman–Crippen LogP) is 5.15. The topological polar surface area (TPSA) is 93.5 Å². The Morgan fingerprint density at radius 2 is 1.95 bits per heavy atom. The fourth-order valence-corrected chi connectivity index (χ4v) is 4.29. The maximum Gasteiger partial charge on any atom is 0.275 e. The van der Waals surface area contributed by atoms with Gasteiger partial charge in [-0.15, -0.1) is 0 Å². The number of allylic oxidation sites excluding steroid dienone is 1. The van der Waals surface area contributed by atoms with Crippen molar-refractivity contribution in [2.75, 3.05) is 18.4 Å². The number of anilines is 1. The quantitative estimate of drug-likeness (QED) is 0.305. The Morgan fingerprint density at radius 3 is 2.62 bits per heavy atom. The Bertz CT molecular complexity index is 1550. The van der Waals surface area contributed by atoms with Gasteiger partial charge in [0.1, 0.15) is 36.4 Å². The summed E-state index contributed by atoms with van der Waals surface area (Å²) in [7, 11) is 1.57. The van der Waals surface area contributed by atoms with E-state index in [2.05, 4.69) is 17.0 Å². The van der Waals surface area contributed by atoms with Crippen LogP contribution in [0, 0.1) is 11.6 Å². The van der Waals surface area contributed by atoms with Gasteiger partial charge in [-0.2, -0.15) is 5.10 Å². The maximum atomic E-state index is 14.3. The van der Waals surface area contributed by atoms with E-state index in [4.69, 9.17) is 16.3 Å². The van der Waals surface area contributed by atoms with Crippen LogP contribution in [0.15, 0.2) is 60.5 Å². The number of carbonyl (C=O) groups is 3. The monoisotopic (exact) mass is 558 g/mol. The zero-order valence-electron chi connectivity index (χ0n) is 20.9. The van der Waals surface area contributed by atoms with Crippen molar-refractivity contribution >= 4 is 34.3 Å². The SMILES string of the molecule is C=C(F)/C(=C\C)CN(CC(=O)Nc1cc(C(=O)Cl)ccc1F)C(=O)c1nn(C)c2c1COc1ccc(F)cc1-2. The Labute approximate surface area is 226 Å². The summed E-state index contributed by atoms with van der Waals surface area (Å²) in [5.74, 6) is -3.34. The van der Waals surface area contributed by atoms with Crippen LogP contribution in [-0.2, 0) is 18.4 Å². The molecule has 0 atom stereocenters. The minimum absolute atomic E-state index is 0.0329. The number of aromatic nitrogens is 2. The zero-order valence-corrected chi connectivity index (χ0v) is 21.6. The van der Waals surface area contributed by atoms with Crippen molar-refractivity contribution in [2.24, 2.45) is 7.05 Å². The first kappa shape index (κ1) is 27.6. The zero-order chi connectivity index (χ0) is 28.4. The van der Waals surface area contributed by atoms with Gasteiger partial charge in [0.05, 0.1) is 11.4 Å². The number of aryl methyl sites for hydroxylation is 1. The maximum absolute atomic E-state index is 14.3. The third kappa shape index (κ3) is 5.73. The smallest absolute Gasteiger partial charge is 0.275 e. The second kappa shape index (κ2) is 11.2. The molecule has 202 valence electrons. The molecule has 1 aliphatic heterocycles. The largest absolute Gasteiger partial charge is 0.488 e. The lowest BCUT2D eigenvalue weighted by atomic mass is 10.0. The van der Waals surface area contributed by atoms with E-state index in [-0.39, 0.29) is 35.7 Å². The van der Waals surface area contributed by atoms with Crippen LogP contribution in [0.25, 0.3) is 11.3 Å². The van der Waals surface area contributed by atoms with Gasteiger partial charge in [0, 0.05) is 35.9 Å². The molecule has 2 heterocycles. The molecule has 0 spiro atoms. The van der Waals surface area contributed by atoms with Gasteiger partial charge in [0.25, 0.3) is 11.1 Å². The highest BCUT2D eigenvalue weighted by atomic mass is 35.5. The van der Waals surface area contributed by atoms with E-state index < -0.39 is 41.1 Å². The highest BCUT2D eigenvalue weighted by Gasteiger charge is 2.32. The van der Waals surface area contributed by atoms with E-state index in [1.165, 1.54) is 35.9 Å². The molecular weight excluding hydrogens is 537 g/mol. The lowest BCUT2D eigenvalue weighted by Crippen LogP contribution is -2.40. The second-order valence-corrected chi connectivity index (χ2v) is 8.97. The van der Waals surface area contributed by atoms with Crippen molar-refractivity contribution in [3.8, 4) is 17.0 Å². The number of fused-ring (bicyclic) bond motifs is 3. The molecule has 12 heteroatoms. The molecule has 1 aromatic heterocycles. The molecule has 0 fully saturated rings. The Balaban J connectivity index is 1.68. The minimum Gasteiger partial charge on any atom is -0.488 e. The number of rotatable bonds is 8. The number of halogens is 4. The van der Waals surface area contributed by atoms with Gasteiger partial charge >= 0.3 is 0 Å². The van der Waals surface area contributed by atoms with Gasteiger partial charge in [0.2, 0.25) is 5.91 Å². The first-order chi connectivity index (χ1) is 18.5. The van der Waals surface area contributed by atoms with E-state index >= 15 is 0 Å². The van der Waals surface area contributed by atoms with Crippen LogP contribution >= 0.6 is 11.6 Å². The number of hydrogen-bond acceptors (Lipinski definition) is 5. The van der Waals surface area contributed by atoms with E-state index in [1.54, 1.807) is 7.05 Å². The highest BCUT2D eigenvalue weighted by Crippen LogP contribution is 2.39. The van der Waals surface area contributed by atoms with Gasteiger partial charge in [0.15, 0.2) is 5.69 Å². The van der Waals surface area contributed by atoms with Crippen LogP contribution in [0.3, 0.4) is 0 Å². The van der Waals surface area contributed by atoms with Gasteiger partial charge in [-0.3, -0.25) is 19.1 Å². The molecule has 0 unspecified atom stereocenters. The third-order valence-electron chi connectivity index (χ3n) is 6.06. The molecule has 1 N–H and O–H groups in total. The molecule has 0 bridgehead atoms. The Hall–Kier alpha value is -4.38. The molecule has 2 aromatic carbocycles. The highest BCUT2D eigenvalue weighted by molar-refractivity contribution is 6.67. The lowest BCUT2D eigenvalue weighted by Gasteiger charge is -2.24. The molecule has 1 aliphatic rings. The molecule has 0 radical (unpaired) electrons. The van der Waals surface area contributed by atoms with Crippen LogP contribution in [-0.4, -0.2) is 44.8 Å². The summed E-state index contributed by atoms with van der Waals surface area (Å²) >= 11 is 5.44. The number of ether oxygens (including phenoxy) is 1. The van der Waals surface area contributed by atoms with Crippen LogP contribution in [0.5, 0.6) is 5.75 Å². The molecule has 3 aromatic rings. The van der Waals surface area contributed by atoms with Crippen LogP contribution < -0.4 is 10.1 Å². The van der Waals surface area contributed by atoms with Crippen molar-refractivity contribution in [3.63, 3.8) is 0 Å². The van der Waals surface area contributed by atoms with Gasteiger partial charge in [-0.25, -0.2) is 13.2 Å². The molecule has 39 heavy (non-hydrogen) atoms. The van der Waals surface area contributed by atoms with Crippen LogP contribution in [0.4, 0.5) is 18.9 Å². The van der Waals surface area contributed by atoms with Crippen molar-refractivity contribution < 1.29 is 32.3 Å². The second-order valence-electron chi connectivity index (χ2n) is 8.63. The number of hydrogen-bond donors (Lipinski definition) is 1. The molecule has 8 nitrogen and oxygen atoms in total. The summed E-state index contributed by atoms with van der Waals surface area (Å²) in [5, 5.41) is 5.75. The molecule has 4 rings (SSSR count). The van der Waals surface area contributed by atoms with Crippen molar-refractivity contribution in [2.45, 2.75) is 13.5 Å². The predicted molar refractivity (Wildman–Crippen MR) is 138 cm³/mol. The number of nitrogens with one attached hydrogen (secondary N) is 1. The molecule has 2 amide bonds. The number of amides is 2. The van der Waals surface area contributed by atoms with Gasteiger partial charge < -0.3 is 15.0 Å². The summed E-state index contributed by atoms with van der Waals surface area (Å²) in [6.07, 6.45) is 1.39. The Morgan fingerprint density at radius 1 is 1.21 bits per heavy atom. The standard InChI is InChI=1S/C27H22ClF3N4O4/c1-4-15(14(2)29)11-35(12-23(36)32-21-9-16(26(28)37)5-7-20(21)31)27(38)24-19-13-39-22-8-6-17(30)10-18(22)25(19)34(3)33-24/h4-10H,2,11-13H2,1,3H3,(H,32,36)/b15-4-. The van der Waals surface area contributed by atoms with E-state index in [0.717, 1.165) is 23.1 Å². The summed E-state index contributed by atoms with van der Waals surface area (Å²) in [6.45, 7) is 3.74. The summed E-state index contributed by atoms with van der Waals surface area (Å²) in [4.78, 5) is 39.1. The van der Waals surface area contributed by atoms with E-state index in [0.29, 0.717) is 22.6 Å². The van der Waals surface area contributed by atoms with Crippen LogP contribution in [0.2, 0.25) is 0 Å². The fourth-order valence-electron chi connectivity index (χ4n) is 4.17. The summed E-state index contributed by atoms with van der Waals surface area (Å²) in [6, 6.07) is 7.14.